The van der Waals surface area contributed by atoms with Crippen molar-refractivity contribution in [2.75, 3.05) is 26.4 Å². The second-order valence-corrected chi connectivity index (χ2v) is 6.15. The van der Waals surface area contributed by atoms with E-state index in [0.717, 1.165) is 23.3 Å². The molecule has 1 aliphatic rings. The Labute approximate surface area is 115 Å². The van der Waals surface area contributed by atoms with Gasteiger partial charge in [0.15, 0.2) is 0 Å². The van der Waals surface area contributed by atoms with Crippen molar-refractivity contribution >= 4 is 5.69 Å². The van der Waals surface area contributed by atoms with E-state index in [1.807, 2.05) is 6.07 Å². The second-order valence-electron chi connectivity index (χ2n) is 6.15. The average molecular weight is 253 g/mol. The van der Waals surface area contributed by atoms with Gasteiger partial charge in [0, 0.05) is 11.3 Å². The Morgan fingerprint density at radius 2 is 1.74 bits per heavy atom. The maximum absolute atomic E-state index is 6.19. The number of hydrogen-bond donors (Lipinski definition) is 1. The Bertz CT molecular complexity index is 587. The molecule has 0 amide bonds. The van der Waals surface area contributed by atoms with Gasteiger partial charge in [-0.15, -0.1) is 0 Å². The molecule has 19 heavy (non-hydrogen) atoms. The lowest BCUT2D eigenvalue weighted by Gasteiger charge is -2.40. The molecule has 0 radical (unpaired) electrons. The van der Waals surface area contributed by atoms with Crippen LogP contribution in [-0.2, 0) is 6.54 Å². The smallest absolute Gasteiger partial charge is 0.106 e. The van der Waals surface area contributed by atoms with Crippen LogP contribution in [-0.4, -0.2) is 25.1 Å². The molecule has 1 heterocycles. The minimum absolute atomic E-state index is 0.448. The van der Waals surface area contributed by atoms with Crippen LogP contribution in [0.5, 0.6) is 0 Å². The summed E-state index contributed by atoms with van der Waals surface area (Å²) in [5.41, 5.74) is 11.2. The van der Waals surface area contributed by atoms with Crippen molar-refractivity contribution in [2.24, 2.45) is 0 Å². The van der Waals surface area contributed by atoms with Crippen molar-refractivity contribution in [3.05, 3.63) is 65.2 Å². The molecule has 3 rings (SSSR count). The molecule has 0 aromatic heterocycles. The molecule has 98 valence electrons. The number of likely N-dealkylation sites (N-methyl/N-ethyl adjacent to an activating group) is 1. The van der Waals surface area contributed by atoms with E-state index in [1.54, 1.807) is 0 Å². The standard InChI is InChI=1S/C17H21N2/c1-19(2)11-15(13-7-4-3-5-8-13)14-9-6-10-17(18)16(14)12-19/h3-10,15H,11-12,18H2,1-2H3/q+1. The maximum atomic E-state index is 6.19. The first-order valence-electron chi connectivity index (χ1n) is 6.81. The van der Waals surface area contributed by atoms with Gasteiger partial charge in [0.2, 0.25) is 0 Å². The molecule has 0 aliphatic carbocycles. The summed E-state index contributed by atoms with van der Waals surface area (Å²) >= 11 is 0. The predicted molar refractivity (Wildman–Crippen MR) is 79.8 cm³/mol. The number of anilines is 1. The number of rotatable bonds is 1. The van der Waals surface area contributed by atoms with Crippen LogP contribution in [0.25, 0.3) is 0 Å². The summed E-state index contributed by atoms with van der Waals surface area (Å²) in [7, 11) is 4.57. The quantitative estimate of drug-likeness (QED) is 0.613. The molecule has 0 spiro atoms. The zero-order chi connectivity index (χ0) is 13.5. The Morgan fingerprint density at radius 1 is 1.00 bits per heavy atom. The van der Waals surface area contributed by atoms with Gasteiger partial charge in [0.25, 0.3) is 0 Å². The first-order valence-corrected chi connectivity index (χ1v) is 6.81. The van der Waals surface area contributed by atoms with Crippen molar-refractivity contribution in [1.82, 2.24) is 0 Å². The van der Waals surface area contributed by atoms with Crippen LogP contribution in [0.1, 0.15) is 22.6 Å². The summed E-state index contributed by atoms with van der Waals surface area (Å²) in [6, 6.07) is 17.1. The SMILES string of the molecule is C[N+]1(C)Cc2c(N)cccc2C(c2ccccc2)C1. The summed E-state index contributed by atoms with van der Waals surface area (Å²) in [6.07, 6.45) is 0. The van der Waals surface area contributed by atoms with E-state index in [-0.39, 0.29) is 0 Å². The zero-order valence-corrected chi connectivity index (χ0v) is 11.6. The summed E-state index contributed by atoms with van der Waals surface area (Å²) in [4.78, 5) is 0. The molecule has 0 fully saturated rings. The van der Waals surface area contributed by atoms with Crippen LogP contribution < -0.4 is 5.73 Å². The third-order valence-corrected chi connectivity index (χ3v) is 4.09. The minimum Gasteiger partial charge on any atom is -0.398 e. The number of nitrogens with two attached hydrogens (primary N) is 1. The van der Waals surface area contributed by atoms with Crippen LogP contribution >= 0.6 is 0 Å². The molecular formula is C17H21N2+. The fourth-order valence-electron chi connectivity index (χ4n) is 3.19. The van der Waals surface area contributed by atoms with Crippen LogP contribution in [0.15, 0.2) is 48.5 Å². The molecule has 0 bridgehead atoms. The van der Waals surface area contributed by atoms with E-state index in [0.29, 0.717) is 5.92 Å². The number of benzene rings is 2. The summed E-state index contributed by atoms with van der Waals surface area (Å²) in [5.74, 6) is 0.448. The Balaban J connectivity index is 2.14. The van der Waals surface area contributed by atoms with Gasteiger partial charge in [-0.25, -0.2) is 0 Å². The normalized spacial score (nSPS) is 20.8. The highest BCUT2D eigenvalue weighted by Crippen LogP contribution is 2.37. The molecule has 2 N–H and O–H groups in total. The van der Waals surface area contributed by atoms with Crippen LogP contribution in [0.4, 0.5) is 5.69 Å². The van der Waals surface area contributed by atoms with E-state index in [4.69, 9.17) is 5.73 Å². The summed E-state index contributed by atoms with van der Waals surface area (Å²) in [6.45, 7) is 2.14. The van der Waals surface area contributed by atoms with Gasteiger partial charge < -0.3 is 10.2 Å². The summed E-state index contributed by atoms with van der Waals surface area (Å²) in [5, 5.41) is 0. The first-order chi connectivity index (χ1) is 9.07. The average Bonchev–Trinajstić information content (AvgIpc) is 2.39. The van der Waals surface area contributed by atoms with Gasteiger partial charge in [-0.3, -0.25) is 0 Å². The first kappa shape index (κ1) is 12.2. The molecule has 0 saturated carbocycles. The predicted octanol–water partition coefficient (Wildman–Crippen LogP) is 2.99. The highest BCUT2D eigenvalue weighted by molar-refractivity contribution is 5.54. The van der Waals surface area contributed by atoms with Crippen LogP contribution in [0, 0.1) is 0 Å². The largest absolute Gasteiger partial charge is 0.398 e. The lowest BCUT2D eigenvalue weighted by molar-refractivity contribution is -0.906. The fraction of sp³-hybridized carbons (Fsp3) is 0.294. The van der Waals surface area contributed by atoms with E-state index < -0.39 is 0 Å². The van der Waals surface area contributed by atoms with Crippen molar-refractivity contribution in [1.29, 1.82) is 0 Å². The highest BCUT2D eigenvalue weighted by atomic mass is 15.3. The van der Waals surface area contributed by atoms with Gasteiger partial charge in [-0.2, -0.15) is 0 Å². The minimum atomic E-state index is 0.448. The Kier molecular flexibility index (Phi) is 2.83. The van der Waals surface area contributed by atoms with Gasteiger partial charge >= 0.3 is 0 Å². The molecule has 1 atom stereocenters. The van der Waals surface area contributed by atoms with Crippen molar-refractivity contribution in [2.45, 2.75) is 12.5 Å². The molecular weight excluding hydrogens is 232 g/mol. The van der Waals surface area contributed by atoms with Crippen molar-refractivity contribution in [3.8, 4) is 0 Å². The number of nitrogens with zero attached hydrogens (tertiary/aromatic N) is 1. The van der Waals surface area contributed by atoms with Crippen LogP contribution in [0.2, 0.25) is 0 Å². The molecule has 2 heteroatoms. The van der Waals surface area contributed by atoms with E-state index >= 15 is 0 Å². The third-order valence-electron chi connectivity index (χ3n) is 4.09. The number of fused-ring (bicyclic) bond motifs is 1. The molecule has 2 aromatic rings. The van der Waals surface area contributed by atoms with Gasteiger partial charge in [-0.1, -0.05) is 42.5 Å². The van der Waals surface area contributed by atoms with Crippen LogP contribution in [0.3, 0.4) is 0 Å². The van der Waals surface area contributed by atoms with Gasteiger partial charge in [-0.05, 0) is 17.2 Å². The monoisotopic (exact) mass is 253 g/mol. The molecule has 2 nitrogen and oxygen atoms in total. The van der Waals surface area contributed by atoms with E-state index in [1.165, 1.54) is 16.7 Å². The number of hydrogen-bond acceptors (Lipinski definition) is 1. The Hall–Kier alpha value is -1.80. The van der Waals surface area contributed by atoms with Gasteiger partial charge in [0.1, 0.15) is 6.54 Å². The summed E-state index contributed by atoms with van der Waals surface area (Å²) < 4.78 is 0.987. The number of quaternary nitrogens is 1. The van der Waals surface area contributed by atoms with E-state index in [9.17, 15) is 0 Å². The zero-order valence-electron chi connectivity index (χ0n) is 11.6. The second kappa shape index (κ2) is 4.39. The lowest BCUT2D eigenvalue weighted by atomic mass is 9.83. The highest BCUT2D eigenvalue weighted by Gasteiger charge is 2.33. The van der Waals surface area contributed by atoms with Crippen molar-refractivity contribution < 1.29 is 4.48 Å². The molecule has 2 aromatic carbocycles. The fourth-order valence-corrected chi connectivity index (χ4v) is 3.19. The molecule has 0 saturated heterocycles. The van der Waals surface area contributed by atoms with Gasteiger partial charge in [0.05, 0.1) is 26.6 Å². The topological polar surface area (TPSA) is 26.0 Å². The third kappa shape index (κ3) is 2.24. The lowest BCUT2D eigenvalue weighted by Crippen LogP contribution is -2.46. The number of nitrogen functional groups attached to an aromatic ring is 1. The molecule has 1 unspecified atom stereocenters. The Morgan fingerprint density at radius 3 is 2.47 bits per heavy atom. The van der Waals surface area contributed by atoms with Crippen molar-refractivity contribution in [3.63, 3.8) is 0 Å². The maximum Gasteiger partial charge on any atom is 0.106 e. The van der Waals surface area contributed by atoms with E-state index in [2.05, 4.69) is 56.6 Å². The molecule has 1 aliphatic heterocycles.